The van der Waals surface area contributed by atoms with Crippen LogP contribution in [0.3, 0.4) is 0 Å². The predicted molar refractivity (Wildman–Crippen MR) is 88.8 cm³/mol. The lowest BCUT2D eigenvalue weighted by molar-refractivity contribution is -0.127. The van der Waals surface area contributed by atoms with E-state index in [1.54, 1.807) is 0 Å². The van der Waals surface area contributed by atoms with Crippen molar-refractivity contribution in [2.24, 2.45) is 5.92 Å². The van der Waals surface area contributed by atoms with Crippen LogP contribution in [0.1, 0.15) is 51.4 Å². The SMILES string of the molecule is C#CCCCCCCCCC(=O)N1[C@@H]2[C@H](CO)[C@@H](O)[C@H](O)[C@@H](O)[C@@H]21. The van der Waals surface area contributed by atoms with E-state index in [-0.39, 0.29) is 18.6 Å². The van der Waals surface area contributed by atoms with Gasteiger partial charge in [0.2, 0.25) is 5.91 Å². The molecule has 6 nitrogen and oxygen atoms in total. The molecule has 0 aromatic carbocycles. The van der Waals surface area contributed by atoms with Gasteiger partial charge in [0.25, 0.3) is 0 Å². The van der Waals surface area contributed by atoms with Gasteiger partial charge in [-0.3, -0.25) is 4.79 Å². The molecule has 1 aliphatic carbocycles. The summed E-state index contributed by atoms with van der Waals surface area (Å²) in [5, 5.41) is 39.1. The van der Waals surface area contributed by atoms with Crippen molar-refractivity contribution in [2.75, 3.05) is 6.61 Å². The van der Waals surface area contributed by atoms with E-state index in [1.807, 2.05) is 0 Å². The number of fused-ring (bicyclic) bond motifs is 1. The highest BCUT2D eigenvalue weighted by molar-refractivity contribution is 5.80. The van der Waals surface area contributed by atoms with Gasteiger partial charge < -0.3 is 25.3 Å². The highest BCUT2D eigenvalue weighted by Crippen LogP contribution is 2.44. The normalized spacial score (nSPS) is 34.5. The molecule has 0 spiro atoms. The lowest BCUT2D eigenvalue weighted by Gasteiger charge is -2.31. The van der Waals surface area contributed by atoms with Crippen LogP contribution in [0.15, 0.2) is 0 Å². The molecule has 0 unspecified atom stereocenters. The topological polar surface area (TPSA) is 101 Å². The highest BCUT2D eigenvalue weighted by Gasteiger charge is 2.65. The number of hydrogen-bond donors (Lipinski definition) is 4. The molecule has 2 aliphatic rings. The van der Waals surface area contributed by atoms with Gasteiger partial charge in [-0.2, -0.15) is 0 Å². The van der Waals surface area contributed by atoms with Crippen LogP contribution >= 0.6 is 0 Å². The van der Waals surface area contributed by atoms with E-state index in [4.69, 9.17) is 6.42 Å². The van der Waals surface area contributed by atoms with Gasteiger partial charge in [0.1, 0.15) is 12.2 Å². The molecule has 0 aromatic rings. The molecule has 0 radical (unpaired) electrons. The Morgan fingerprint density at radius 2 is 1.54 bits per heavy atom. The van der Waals surface area contributed by atoms with Crippen LogP contribution in [0.4, 0.5) is 0 Å². The van der Waals surface area contributed by atoms with E-state index in [0.29, 0.717) is 6.42 Å². The van der Waals surface area contributed by atoms with Gasteiger partial charge in [-0.05, 0) is 12.8 Å². The minimum absolute atomic E-state index is 0.0730. The Kier molecular flexibility index (Phi) is 7.05. The third kappa shape index (κ3) is 4.09. The minimum Gasteiger partial charge on any atom is -0.396 e. The van der Waals surface area contributed by atoms with E-state index in [9.17, 15) is 25.2 Å². The van der Waals surface area contributed by atoms with E-state index in [0.717, 1.165) is 44.9 Å². The average molecular weight is 339 g/mol. The Morgan fingerprint density at radius 1 is 0.917 bits per heavy atom. The van der Waals surface area contributed by atoms with Gasteiger partial charge >= 0.3 is 0 Å². The van der Waals surface area contributed by atoms with Crippen molar-refractivity contribution in [3.05, 3.63) is 0 Å². The lowest BCUT2D eigenvalue weighted by atomic mass is 9.83. The van der Waals surface area contributed by atoms with Crippen molar-refractivity contribution < 1.29 is 25.2 Å². The predicted octanol–water partition coefficient (Wildman–Crippen LogP) is 0.0246. The summed E-state index contributed by atoms with van der Waals surface area (Å²) in [4.78, 5) is 13.8. The number of nitrogens with zero attached hydrogens (tertiary/aromatic N) is 1. The van der Waals surface area contributed by atoms with Crippen LogP contribution in [0, 0.1) is 18.3 Å². The van der Waals surface area contributed by atoms with E-state index in [1.165, 1.54) is 4.90 Å². The Morgan fingerprint density at radius 3 is 2.17 bits per heavy atom. The van der Waals surface area contributed by atoms with Gasteiger partial charge in [-0.15, -0.1) is 12.3 Å². The molecule has 2 fully saturated rings. The number of aliphatic hydroxyl groups is 4. The summed E-state index contributed by atoms with van der Waals surface area (Å²) in [5.74, 6) is 1.96. The summed E-state index contributed by atoms with van der Waals surface area (Å²) < 4.78 is 0. The summed E-state index contributed by atoms with van der Waals surface area (Å²) >= 11 is 0. The number of unbranched alkanes of at least 4 members (excludes halogenated alkanes) is 6. The molecule has 6 atom stereocenters. The Labute approximate surface area is 143 Å². The second kappa shape index (κ2) is 8.82. The zero-order valence-corrected chi connectivity index (χ0v) is 14.0. The fourth-order valence-corrected chi connectivity index (χ4v) is 3.84. The van der Waals surface area contributed by atoms with E-state index < -0.39 is 30.3 Å². The molecule has 1 saturated carbocycles. The van der Waals surface area contributed by atoms with E-state index >= 15 is 0 Å². The summed E-state index contributed by atoms with van der Waals surface area (Å²) in [7, 11) is 0. The number of rotatable bonds is 9. The Balaban J connectivity index is 1.70. The van der Waals surface area contributed by atoms with Crippen LogP contribution < -0.4 is 0 Å². The zero-order valence-electron chi connectivity index (χ0n) is 14.0. The molecular weight excluding hydrogens is 310 g/mol. The first-order valence-electron chi connectivity index (χ1n) is 8.94. The maximum atomic E-state index is 12.3. The molecule has 0 bridgehead atoms. The van der Waals surface area contributed by atoms with Gasteiger partial charge in [0, 0.05) is 18.8 Å². The monoisotopic (exact) mass is 339 g/mol. The second-order valence-electron chi connectivity index (χ2n) is 6.93. The molecule has 1 heterocycles. The number of carbonyl (C=O) groups is 1. The minimum atomic E-state index is -1.32. The third-order valence-corrected chi connectivity index (χ3v) is 5.29. The fraction of sp³-hybridized carbons (Fsp3) is 0.833. The molecule has 1 amide bonds. The first kappa shape index (κ1) is 19.2. The number of carbonyl (C=O) groups excluding carboxylic acids is 1. The summed E-state index contributed by atoms with van der Waals surface area (Å²) in [6.07, 6.45) is 8.88. The summed E-state index contributed by atoms with van der Waals surface area (Å²) in [6, 6.07) is -0.837. The standard InChI is InChI=1S/C18H29NO5/c1-2-3-4-5-6-7-8-9-10-13(21)19-14-12(11-20)16(22)18(24)17(23)15(14)19/h1,12,14-18,20,22-24H,3-11H2/t12-,14+,15+,16+,17-,18-,19?/m0/s1. The van der Waals surface area contributed by atoms with E-state index in [2.05, 4.69) is 5.92 Å². The number of terminal acetylenes is 1. The van der Waals surface area contributed by atoms with Crippen molar-refractivity contribution in [3.8, 4) is 12.3 Å². The smallest absolute Gasteiger partial charge is 0.223 e. The van der Waals surface area contributed by atoms with Crippen molar-refractivity contribution in [1.82, 2.24) is 4.90 Å². The van der Waals surface area contributed by atoms with Gasteiger partial charge in [-0.1, -0.05) is 25.7 Å². The zero-order chi connectivity index (χ0) is 17.7. The first-order chi connectivity index (χ1) is 11.5. The third-order valence-electron chi connectivity index (χ3n) is 5.29. The molecule has 6 heteroatoms. The maximum Gasteiger partial charge on any atom is 0.223 e. The molecule has 24 heavy (non-hydrogen) atoms. The molecule has 1 saturated heterocycles. The maximum absolute atomic E-state index is 12.3. The van der Waals surface area contributed by atoms with Crippen LogP contribution in [0.2, 0.25) is 0 Å². The first-order valence-corrected chi connectivity index (χ1v) is 8.94. The highest BCUT2D eigenvalue weighted by atomic mass is 16.4. The van der Waals surface area contributed by atoms with Crippen molar-refractivity contribution in [3.63, 3.8) is 0 Å². The van der Waals surface area contributed by atoms with Crippen LogP contribution in [-0.2, 0) is 4.79 Å². The molecule has 136 valence electrons. The number of likely N-dealkylation sites (tertiary alicyclic amines) is 1. The van der Waals surface area contributed by atoms with Crippen molar-refractivity contribution >= 4 is 5.91 Å². The Bertz CT molecular complexity index is 463. The van der Waals surface area contributed by atoms with Crippen molar-refractivity contribution in [1.29, 1.82) is 0 Å². The molecular formula is C18H29NO5. The number of hydrogen-bond acceptors (Lipinski definition) is 5. The van der Waals surface area contributed by atoms with Crippen LogP contribution in [0.5, 0.6) is 0 Å². The average Bonchev–Trinajstić information content (AvgIpc) is 3.31. The van der Waals surface area contributed by atoms with Gasteiger partial charge in [0.05, 0.1) is 24.8 Å². The number of aliphatic hydroxyl groups excluding tert-OH is 4. The molecule has 2 rings (SSSR count). The van der Waals surface area contributed by atoms with Crippen LogP contribution in [0.25, 0.3) is 0 Å². The summed E-state index contributed by atoms with van der Waals surface area (Å²) in [5.41, 5.74) is 0. The number of amides is 1. The summed E-state index contributed by atoms with van der Waals surface area (Å²) in [6.45, 7) is -0.312. The molecule has 1 aliphatic heterocycles. The van der Waals surface area contributed by atoms with Crippen molar-refractivity contribution in [2.45, 2.75) is 81.8 Å². The molecule has 4 N–H and O–H groups in total. The molecule has 0 aromatic heterocycles. The fourth-order valence-electron chi connectivity index (χ4n) is 3.84. The second-order valence-corrected chi connectivity index (χ2v) is 6.93. The van der Waals surface area contributed by atoms with Gasteiger partial charge in [0.15, 0.2) is 0 Å². The Hall–Kier alpha value is -1.13. The largest absolute Gasteiger partial charge is 0.396 e. The lowest BCUT2D eigenvalue weighted by Crippen LogP contribution is -2.52. The van der Waals surface area contributed by atoms with Gasteiger partial charge in [-0.25, -0.2) is 0 Å². The van der Waals surface area contributed by atoms with Crippen LogP contribution in [-0.4, -0.2) is 68.2 Å². The quantitative estimate of drug-likeness (QED) is 0.270.